The van der Waals surface area contributed by atoms with Crippen molar-refractivity contribution < 1.29 is 8.42 Å². The molecule has 0 aliphatic carbocycles. The van der Waals surface area contributed by atoms with Crippen molar-refractivity contribution in [2.75, 3.05) is 4.72 Å². The number of hydrogen-bond acceptors (Lipinski definition) is 3. The standard InChI is InChI=1S/C20H23N3O2S/c1-13-11-14(2)16(4)20(15(13)3)26(24,25)22-19-12-18(21-23(19)5)17-9-7-6-8-10-17/h6-12,22H,1-5H3. The number of aromatic nitrogens is 2. The summed E-state index contributed by atoms with van der Waals surface area (Å²) in [7, 11) is -1.99. The van der Waals surface area contributed by atoms with Crippen LogP contribution in [0.2, 0.25) is 0 Å². The number of aryl methyl sites for hydroxylation is 3. The van der Waals surface area contributed by atoms with E-state index >= 15 is 0 Å². The summed E-state index contributed by atoms with van der Waals surface area (Å²) in [6.45, 7) is 7.54. The number of nitrogens with zero attached hydrogens (tertiary/aromatic N) is 2. The number of hydrogen-bond donors (Lipinski definition) is 1. The Kier molecular flexibility index (Phi) is 4.63. The Hall–Kier alpha value is -2.60. The van der Waals surface area contributed by atoms with E-state index in [-0.39, 0.29) is 0 Å². The Morgan fingerprint density at radius 3 is 2.08 bits per heavy atom. The highest BCUT2D eigenvalue weighted by Gasteiger charge is 2.23. The third-order valence-corrected chi connectivity index (χ3v) is 6.38. The second kappa shape index (κ2) is 6.61. The first-order chi connectivity index (χ1) is 12.2. The van der Waals surface area contributed by atoms with Crippen LogP contribution in [0.5, 0.6) is 0 Å². The summed E-state index contributed by atoms with van der Waals surface area (Å²) in [5.41, 5.74) is 5.12. The van der Waals surface area contributed by atoms with E-state index < -0.39 is 10.0 Å². The summed E-state index contributed by atoms with van der Waals surface area (Å²) in [4.78, 5) is 0.345. The van der Waals surface area contributed by atoms with Crippen molar-refractivity contribution in [3.8, 4) is 11.3 Å². The van der Waals surface area contributed by atoms with E-state index in [1.54, 1.807) is 17.8 Å². The fraction of sp³-hybridized carbons (Fsp3) is 0.250. The highest BCUT2D eigenvalue weighted by atomic mass is 32.2. The molecule has 0 aliphatic rings. The van der Waals surface area contributed by atoms with Crippen LogP contribution in [0.1, 0.15) is 22.3 Å². The summed E-state index contributed by atoms with van der Waals surface area (Å²) in [5.74, 6) is 0.432. The van der Waals surface area contributed by atoms with Crippen LogP contribution < -0.4 is 4.72 Å². The highest BCUT2D eigenvalue weighted by Crippen LogP contribution is 2.29. The molecule has 3 rings (SSSR count). The molecule has 0 saturated carbocycles. The predicted octanol–water partition coefficient (Wildman–Crippen LogP) is 4.12. The van der Waals surface area contributed by atoms with Crippen molar-refractivity contribution in [3.05, 3.63) is 64.7 Å². The van der Waals surface area contributed by atoms with Gasteiger partial charge in [0.2, 0.25) is 0 Å². The molecule has 3 aromatic rings. The van der Waals surface area contributed by atoms with Gasteiger partial charge in [-0.15, -0.1) is 0 Å². The lowest BCUT2D eigenvalue weighted by Crippen LogP contribution is -2.18. The Morgan fingerprint density at radius 1 is 0.923 bits per heavy atom. The first kappa shape index (κ1) is 18.2. The lowest BCUT2D eigenvalue weighted by atomic mass is 10.0. The molecular formula is C20H23N3O2S. The molecule has 0 bridgehead atoms. The molecule has 0 aliphatic heterocycles. The monoisotopic (exact) mass is 369 g/mol. The summed E-state index contributed by atoms with van der Waals surface area (Å²) in [5, 5.41) is 4.43. The average molecular weight is 369 g/mol. The van der Waals surface area contributed by atoms with Crippen molar-refractivity contribution in [2.24, 2.45) is 7.05 Å². The average Bonchev–Trinajstić information content (AvgIpc) is 2.94. The van der Waals surface area contributed by atoms with Crippen molar-refractivity contribution in [2.45, 2.75) is 32.6 Å². The molecule has 0 unspecified atom stereocenters. The zero-order valence-electron chi connectivity index (χ0n) is 15.7. The molecule has 0 saturated heterocycles. The second-order valence-corrected chi connectivity index (χ2v) is 8.22. The van der Waals surface area contributed by atoms with Gasteiger partial charge in [0.25, 0.3) is 10.0 Å². The summed E-state index contributed by atoms with van der Waals surface area (Å²) in [6.07, 6.45) is 0. The molecule has 136 valence electrons. The molecule has 0 atom stereocenters. The van der Waals surface area contributed by atoms with Crippen molar-refractivity contribution in [1.29, 1.82) is 0 Å². The van der Waals surface area contributed by atoms with Gasteiger partial charge in [-0.3, -0.25) is 9.40 Å². The number of nitrogens with one attached hydrogen (secondary N) is 1. The SMILES string of the molecule is Cc1cc(C)c(C)c(S(=O)(=O)Nc2cc(-c3ccccc3)nn2C)c1C. The van der Waals surface area contributed by atoms with E-state index in [9.17, 15) is 8.42 Å². The summed E-state index contributed by atoms with van der Waals surface area (Å²) < 4.78 is 30.4. The topological polar surface area (TPSA) is 64.0 Å². The predicted molar refractivity (Wildman–Crippen MR) is 105 cm³/mol. The fourth-order valence-electron chi connectivity index (χ4n) is 3.09. The summed E-state index contributed by atoms with van der Waals surface area (Å²) in [6, 6.07) is 13.4. The fourth-order valence-corrected chi connectivity index (χ4v) is 4.78. The minimum atomic E-state index is -3.72. The van der Waals surface area contributed by atoms with Crippen LogP contribution in [0, 0.1) is 27.7 Å². The molecule has 1 N–H and O–H groups in total. The zero-order chi connectivity index (χ0) is 19.1. The lowest BCUT2D eigenvalue weighted by molar-refractivity contribution is 0.598. The van der Waals surface area contributed by atoms with Gasteiger partial charge in [-0.05, 0) is 49.9 Å². The van der Waals surface area contributed by atoms with Gasteiger partial charge in [0.05, 0.1) is 10.6 Å². The van der Waals surface area contributed by atoms with Crippen LogP contribution in [0.4, 0.5) is 5.82 Å². The minimum Gasteiger partial charge on any atom is -0.264 e. The van der Waals surface area contributed by atoms with Gasteiger partial charge in [0.15, 0.2) is 0 Å². The number of benzene rings is 2. The number of sulfonamides is 1. The highest BCUT2D eigenvalue weighted by molar-refractivity contribution is 7.92. The molecule has 5 nitrogen and oxygen atoms in total. The van der Waals surface area contributed by atoms with Crippen LogP contribution in [-0.2, 0) is 17.1 Å². The molecule has 0 radical (unpaired) electrons. The molecule has 1 heterocycles. The van der Waals surface area contributed by atoms with Crippen molar-refractivity contribution >= 4 is 15.8 Å². The largest absolute Gasteiger partial charge is 0.264 e. The van der Waals surface area contributed by atoms with Crippen LogP contribution in [0.15, 0.2) is 47.4 Å². The van der Waals surface area contributed by atoms with Gasteiger partial charge in [-0.25, -0.2) is 8.42 Å². The number of anilines is 1. The van der Waals surface area contributed by atoms with Crippen molar-refractivity contribution in [1.82, 2.24) is 9.78 Å². The molecule has 2 aromatic carbocycles. The third kappa shape index (κ3) is 3.24. The second-order valence-electron chi connectivity index (χ2n) is 6.60. The molecule has 6 heteroatoms. The minimum absolute atomic E-state index is 0.345. The molecule has 0 fully saturated rings. The van der Waals surface area contributed by atoms with Crippen LogP contribution >= 0.6 is 0 Å². The van der Waals surface area contributed by atoms with E-state index in [0.29, 0.717) is 10.7 Å². The Balaban J connectivity index is 2.04. The van der Waals surface area contributed by atoms with E-state index in [4.69, 9.17) is 0 Å². The van der Waals surface area contributed by atoms with E-state index in [1.807, 2.05) is 64.1 Å². The van der Waals surface area contributed by atoms with Gasteiger partial charge >= 0.3 is 0 Å². The molecule has 0 spiro atoms. The first-order valence-electron chi connectivity index (χ1n) is 8.40. The van der Waals surface area contributed by atoms with E-state index in [0.717, 1.165) is 33.5 Å². The van der Waals surface area contributed by atoms with Gasteiger partial charge in [0.1, 0.15) is 5.82 Å². The maximum Gasteiger partial charge on any atom is 0.263 e. The van der Waals surface area contributed by atoms with Gasteiger partial charge in [-0.1, -0.05) is 36.4 Å². The molecule has 26 heavy (non-hydrogen) atoms. The molecule has 1 aromatic heterocycles. The van der Waals surface area contributed by atoms with Gasteiger partial charge in [0, 0.05) is 18.7 Å². The summed E-state index contributed by atoms with van der Waals surface area (Å²) >= 11 is 0. The van der Waals surface area contributed by atoms with Crippen LogP contribution in [-0.4, -0.2) is 18.2 Å². The van der Waals surface area contributed by atoms with Crippen LogP contribution in [0.25, 0.3) is 11.3 Å². The smallest absolute Gasteiger partial charge is 0.263 e. The van der Waals surface area contributed by atoms with Crippen LogP contribution in [0.3, 0.4) is 0 Å². The quantitative estimate of drug-likeness (QED) is 0.752. The van der Waals surface area contributed by atoms with Crippen molar-refractivity contribution in [3.63, 3.8) is 0 Å². The Bertz CT molecular complexity index is 1040. The van der Waals surface area contributed by atoms with E-state index in [2.05, 4.69) is 9.82 Å². The molecule has 0 amide bonds. The first-order valence-corrected chi connectivity index (χ1v) is 9.88. The Morgan fingerprint density at radius 2 is 1.50 bits per heavy atom. The van der Waals surface area contributed by atoms with Gasteiger partial charge in [-0.2, -0.15) is 5.10 Å². The third-order valence-electron chi connectivity index (χ3n) is 4.75. The Labute approximate surface area is 154 Å². The zero-order valence-corrected chi connectivity index (χ0v) is 16.5. The van der Waals surface area contributed by atoms with Gasteiger partial charge < -0.3 is 0 Å². The maximum atomic E-state index is 13.1. The maximum absolute atomic E-state index is 13.1. The normalized spacial score (nSPS) is 11.6. The lowest BCUT2D eigenvalue weighted by Gasteiger charge is -2.16. The number of rotatable bonds is 4. The van der Waals surface area contributed by atoms with E-state index in [1.165, 1.54) is 0 Å². The molecular weight excluding hydrogens is 346 g/mol.